The van der Waals surface area contributed by atoms with Crippen LogP contribution in [0.3, 0.4) is 0 Å². The quantitative estimate of drug-likeness (QED) is 0.790. The molecular formula is C26H33FN4O. The molecule has 2 aromatic carbocycles. The second-order valence-electron chi connectivity index (χ2n) is 9.70. The number of hydrogen-bond acceptors (Lipinski definition) is 5. The summed E-state index contributed by atoms with van der Waals surface area (Å²) in [6.45, 7) is 13.1. The topological polar surface area (TPSA) is 51.5 Å². The summed E-state index contributed by atoms with van der Waals surface area (Å²) in [5.74, 6) is -0.473. The number of nitrogens with zero attached hydrogens (tertiary/aromatic N) is 3. The molecule has 2 saturated heterocycles. The summed E-state index contributed by atoms with van der Waals surface area (Å²) in [7, 11) is 0. The fraction of sp³-hybridized carbons (Fsp3) is 0.500. The molecule has 0 bridgehead atoms. The second-order valence-corrected chi connectivity index (χ2v) is 9.70. The van der Waals surface area contributed by atoms with E-state index in [2.05, 4.69) is 54.1 Å². The van der Waals surface area contributed by atoms with Crippen molar-refractivity contribution in [2.24, 2.45) is 0 Å². The highest BCUT2D eigenvalue weighted by molar-refractivity contribution is 5.80. The van der Waals surface area contributed by atoms with Gasteiger partial charge in [0.2, 0.25) is 0 Å². The van der Waals surface area contributed by atoms with Crippen LogP contribution in [0.1, 0.15) is 31.9 Å². The third kappa shape index (κ3) is 5.12. The maximum Gasteiger partial charge on any atom is 0.141 e. The molecule has 6 heteroatoms. The van der Waals surface area contributed by atoms with Crippen molar-refractivity contribution < 1.29 is 9.13 Å². The van der Waals surface area contributed by atoms with Crippen LogP contribution in [0, 0.1) is 17.1 Å². The summed E-state index contributed by atoms with van der Waals surface area (Å²) in [5.41, 5.74) is 4.35. The summed E-state index contributed by atoms with van der Waals surface area (Å²) in [4.78, 5) is 4.91. The van der Waals surface area contributed by atoms with E-state index in [-0.39, 0.29) is 17.2 Å². The van der Waals surface area contributed by atoms with E-state index in [0.29, 0.717) is 0 Å². The number of rotatable bonds is 4. The molecule has 170 valence electrons. The van der Waals surface area contributed by atoms with Gasteiger partial charge in [-0.3, -0.25) is 4.90 Å². The molecule has 4 rings (SSSR count). The molecule has 0 spiro atoms. The van der Waals surface area contributed by atoms with Crippen molar-refractivity contribution in [3.05, 3.63) is 53.3 Å². The zero-order valence-electron chi connectivity index (χ0n) is 19.3. The van der Waals surface area contributed by atoms with Gasteiger partial charge in [0.05, 0.1) is 18.3 Å². The van der Waals surface area contributed by atoms with Gasteiger partial charge in [-0.1, -0.05) is 12.1 Å². The van der Waals surface area contributed by atoms with Crippen LogP contribution in [0.5, 0.6) is 0 Å². The van der Waals surface area contributed by atoms with Crippen molar-refractivity contribution in [1.29, 1.82) is 5.26 Å². The SMILES string of the molecule is CC(C)(C)N1CCN(c2ccc(CC3CNCCO3)cc2-c2ccc(C#N)c(F)c2)CC1. The minimum absolute atomic E-state index is 0.0759. The van der Waals surface area contributed by atoms with E-state index >= 15 is 0 Å². The lowest BCUT2D eigenvalue weighted by Crippen LogP contribution is -2.53. The molecule has 0 aromatic heterocycles. The number of benzene rings is 2. The molecule has 1 N–H and O–H groups in total. The van der Waals surface area contributed by atoms with Gasteiger partial charge in [-0.15, -0.1) is 0 Å². The zero-order chi connectivity index (χ0) is 22.7. The van der Waals surface area contributed by atoms with Gasteiger partial charge in [-0.2, -0.15) is 5.26 Å². The second kappa shape index (κ2) is 9.58. The highest BCUT2D eigenvalue weighted by atomic mass is 19.1. The lowest BCUT2D eigenvalue weighted by molar-refractivity contribution is 0.0292. The van der Waals surface area contributed by atoms with E-state index < -0.39 is 5.82 Å². The average molecular weight is 437 g/mol. The molecule has 0 saturated carbocycles. The molecule has 2 aromatic rings. The Kier molecular flexibility index (Phi) is 6.80. The zero-order valence-corrected chi connectivity index (χ0v) is 19.3. The van der Waals surface area contributed by atoms with E-state index in [4.69, 9.17) is 10.00 Å². The highest BCUT2D eigenvalue weighted by Gasteiger charge is 2.27. The number of hydrogen-bond donors (Lipinski definition) is 1. The van der Waals surface area contributed by atoms with Crippen molar-refractivity contribution in [1.82, 2.24) is 10.2 Å². The van der Waals surface area contributed by atoms with Crippen LogP contribution in [-0.4, -0.2) is 62.4 Å². The normalized spacial score (nSPS) is 20.2. The van der Waals surface area contributed by atoms with Crippen molar-refractivity contribution in [3.63, 3.8) is 0 Å². The van der Waals surface area contributed by atoms with Crippen LogP contribution in [0.15, 0.2) is 36.4 Å². The van der Waals surface area contributed by atoms with Gasteiger partial charge in [0.15, 0.2) is 0 Å². The van der Waals surface area contributed by atoms with Gasteiger partial charge in [0, 0.05) is 56.1 Å². The number of piperazine rings is 1. The molecule has 5 nitrogen and oxygen atoms in total. The van der Waals surface area contributed by atoms with Crippen LogP contribution in [0.4, 0.5) is 10.1 Å². The Morgan fingerprint density at radius 3 is 2.53 bits per heavy atom. The summed E-state index contributed by atoms with van der Waals surface area (Å²) >= 11 is 0. The fourth-order valence-electron chi connectivity index (χ4n) is 4.62. The standard InChI is InChI=1S/C26H33FN4O/c1-26(2,3)31-11-9-30(10-12-31)25-7-4-19(14-22-18-29-8-13-32-22)15-23(25)20-5-6-21(17-28)24(27)16-20/h4-7,15-16,22,29H,8-14,18H2,1-3H3. The van der Waals surface area contributed by atoms with Gasteiger partial charge in [0.1, 0.15) is 11.9 Å². The minimum Gasteiger partial charge on any atom is -0.375 e. The molecule has 2 aliphatic heterocycles. The van der Waals surface area contributed by atoms with E-state index in [9.17, 15) is 4.39 Å². The first-order valence-corrected chi connectivity index (χ1v) is 11.5. The Balaban J connectivity index is 1.64. The number of anilines is 1. The van der Waals surface area contributed by atoms with Crippen LogP contribution < -0.4 is 10.2 Å². The summed E-state index contributed by atoms with van der Waals surface area (Å²) in [6.07, 6.45) is 0.965. The molecular weight excluding hydrogens is 403 g/mol. The minimum atomic E-state index is -0.473. The molecule has 1 unspecified atom stereocenters. The van der Waals surface area contributed by atoms with Crippen molar-refractivity contribution in [3.8, 4) is 17.2 Å². The number of nitrogens with one attached hydrogen (secondary N) is 1. The van der Waals surface area contributed by atoms with Gasteiger partial charge < -0.3 is 15.0 Å². The Hall–Kier alpha value is -2.46. The van der Waals surface area contributed by atoms with E-state index in [1.54, 1.807) is 6.07 Å². The molecule has 0 radical (unpaired) electrons. The lowest BCUT2D eigenvalue weighted by Gasteiger charge is -2.43. The molecule has 1 atom stereocenters. The maximum absolute atomic E-state index is 14.5. The van der Waals surface area contributed by atoms with Gasteiger partial charge in [-0.05, 0) is 62.6 Å². The Morgan fingerprint density at radius 2 is 1.91 bits per heavy atom. The first-order valence-electron chi connectivity index (χ1n) is 11.5. The van der Waals surface area contributed by atoms with Crippen LogP contribution >= 0.6 is 0 Å². The fourth-order valence-corrected chi connectivity index (χ4v) is 4.62. The lowest BCUT2D eigenvalue weighted by atomic mass is 9.96. The number of morpholine rings is 1. The summed E-state index contributed by atoms with van der Waals surface area (Å²) in [6, 6.07) is 13.4. The van der Waals surface area contributed by atoms with E-state index in [1.807, 2.05) is 12.1 Å². The molecule has 2 fully saturated rings. The molecule has 2 heterocycles. The van der Waals surface area contributed by atoms with E-state index in [1.165, 1.54) is 11.6 Å². The van der Waals surface area contributed by atoms with Crippen LogP contribution in [0.25, 0.3) is 11.1 Å². The maximum atomic E-state index is 14.5. The van der Waals surface area contributed by atoms with Gasteiger partial charge >= 0.3 is 0 Å². The van der Waals surface area contributed by atoms with E-state index in [0.717, 1.165) is 69.1 Å². The summed E-state index contributed by atoms with van der Waals surface area (Å²) in [5, 5.41) is 12.5. The average Bonchev–Trinajstić information content (AvgIpc) is 2.79. The third-order valence-corrected chi connectivity index (χ3v) is 6.50. The molecule has 0 amide bonds. The first kappa shape index (κ1) is 22.7. The van der Waals surface area contributed by atoms with Gasteiger partial charge in [-0.25, -0.2) is 4.39 Å². The first-order chi connectivity index (χ1) is 15.3. The smallest absolute Gasteiger partial charge is 0.141 e. The number of ether oxygens (including phenoxy) is 1. The van der Waals surface area contributed by atoms with Crippen molar-refractivity contribution in [2.75, 3.05) is 50.8 Å². The highest BCUT2D eigenvalue weighted by Crippen LogP contribution is 2.34. The Labute approximate surface area is 190 Å². The Bertz CT molecular complexity index is 980. The number of nitriles is 1. The largest absolute Gasteiger partial charge is 0.375 e. The third-order valence-electron chi connectivity index (χ3n) is 6.50. The monoisotopic (exact) mass is 436 g/mol. The molecule has 0 aliphatic carbocycles. The van der Waals surface area contributed by atoms with Crippen molar-refractivity contribution in [2.45, 2.75) is 38.8 Å². The van der Waals surface area contributed by atoms with Crippen LogP contribution in [-0.2, 0) is 11.2 Å². The number of halogens is 1. The predicted molar refractivity (Wildman–Crippen MR) is 126 cm³/mol. The molecule has 32 heavy (non-hydrogen) atoms. The van der Waals surface area contributed by atoms with Crippen molar-refractivity contribution >= 4 is 5.69 Å². The van der Waals surface area contributed by atoms with Crippen LogP contribution in [0.2, 0.25) is 0 Å². The predicted octanol–water partition coefficient (Wildman–Crippen LogP) is 3.82. The Morgan fingerprint density at radius 1 is 1.12 bits per heavy atom. The summed E-state index contributed by atoms with van der Waals surface area (Å²) < 4.78 is 20.4. The molecule has 2 aliphatic rings. The van der Waals surface area contributed by atoms with Gasteiger partial charge in [0.25, 0.3) is 0 Å².